The molecule has 0 bridgehead atoms. The summed E-state index contributed by atoms with van der Waals surface area (Å²) in [6.07, 6.45) is -1.20. The molecule has 10 nitrogen and oxygen atoms in total. The second-order valence-corrected chi connectivity index (χ2v) is 14.8. The number of fused-ring (bicyclic) bond motifs is 1. The van der Waals surface area contributed by atoms with Gasteiger partial charge in [-0.05, 0) is 30.3 Å². The summed E-state index contributed by atoms with van der Waals surface area (Å²) in [5.74, 6) is -0.0889. The average molecular weight is 486 g/mol. The summed E-state index contributed by atoms with van der Waals surface area (Å²) < 4.78 is 13.7. The number of aliphatic hydroxyl groups excluding tert-OH is 2. The summed E-state index contributed by atoms with van der Waals surface area (Å²) in [6.45, 7) is 10.8. The topological polar surface area (TPSA) is 132 Å². The number of nitrogens with zero attached hydrogens (tertiary/aromatic N) is 4. The van der Waals surface area contributed by atoms with E-state index in [4.69, 9.17) is 9.16 Å². The van der Waals surface area contributed by atoms with Crippen molar-refractivity contribution in [2.75, 3.05) is 11.9 Å². The first-order chi connectivity index (χ1) is 16.0. The van der Waals surface area contributed by atoms with Gasteiger partial charge >= 0.3 is 0 Å². The minimum Gasteiger partial charge on any atom is -0.414 e. The lowest BCUT2D eigenvalue weighted by molar-refractivity contribution is -0.0491. The minimum atomic E-state index is -2.06. The van der Waals surface area contributed by atoms with Crippen molar-refractivity contribution < 1.29 is 24.2 Å². The standard InChI is InChI=1S/C23H31N5O5Si/c1-23(2,3)34(4,5)32-11-15-17(29)18(30)22(33-15)28-13-26-16-19(24-12-25-20(16)28)27-21(31)14-9-7-6-8-10-14/h6-10,12-13,15,17-18,22,29-30H,11H2,1-5H3,(H,24,25,27,31)/t15-,17-,18-,22-/m1/s1. The Balaban J connectivity index is 1.54. The Morgan fingerprint density at radius 3 is 2.53 bits per heavy atom. The Morgan fingerprint density at radius 1 is 1.15 bits per heavy atom. The highest BCUT2D eigenvalue weighted by Gasteiger charge is 2.46. The van der Waals surface area contributed by atoms with Gasteiger partial charge in [-0.25, -0.2) is 15.0 Å². The number of hydrogen-bond donors (Lipinski definition) is 3. The van der Waals surface area contributed by atoms with Crippen LogP contribution < -0.4 is 5.32 Å². The van der Waals surface area contributed by atoms with Gasteiger partial charge in [-0.1, -0.05) is 39.0 Å². The smallest absolute Gasteiger partial charge is 0.256 e. The number of carbonyl (C=O) groups is 1. The van der Waals surface area contributed by atoms with E-state index in [9.17, 15) is 15.0 Å². The van der Waals surface area contributed by atoms with E-state index in [-0.39, 0.29) is 23.4 Å². The van der Waals surface area contributed by atoms with Crippen LogP contribution in [0.15, 0.2) is 43.0 Å². The van der Waals surface area contributed by atoms with Gasteiger partial charge in [-0.3, -0.25) is 9.36 Å². The number of imidazole rings is 1. The van der Waals surface area contributed by atoms with Crippen LogP contribution in [0.2, 0.25) is 18.1 Å². The second-order valence-electron chi connectivity index (χ2n) is 9.98. The van der Waals surface area contributed by atoms with Crippen LogP contribution in [-0.4, -0.2) is 68.9 Å². The lowest BCUT2D eigenvalue weighted by atomic mass is 10.1. The molecular weight excluding hydrogens is 454 g/mol. The number of anilines is 1. The molecule has 1 amide bonds. The first-order valence-corrected chi connectivity index (χ1v) is 14.1. The number of nitrogens with one attached hydrogen (secondary N) is 1. The van der Waals surface area contributed by atoms with Crippen LogP contribution in [-0.2, 0) is 9.16 Å². The molecule has 4 rings (SSSR count). The van der Waals surface area contributed by atoms with Gasteiger partial charge in [0.1, 0.15) is 24.6 Å². The Kier molecular flexibility index (Phi) is 6.58. The molecule has 4 atom stereocenters. The lowest BCUT2D eigenvalue weighted by Crippen LogP contribution is -2.44. The zero-order valence-corrected chi connectivity index (χ0v) is 21.0. The van der Waals surface area contributed by atoms with Crippen LogP contribution in [0.1, 0.15) is 37.4 Å². The molecule has 34 heavy (non-hydrogen) atoms. The van der Waals surface area contributed by atoms with Crippen molar-refractivity contribution in [2.24, 2.45) is 0 Å². The highest BCUT2D eigenvalue weighted by molar-refractivity contribution is 6.74. The third-order valence-corrected chi connectivity index (χ3v) is 11.2. The summed E-state index contributed by atoms with van der Waals surface area (Å²) in [5.41, 5.74) is 1.19. The minimum absolute atomic E-state index is 0.00658. The van der Waals surface area contributed by atoms with Crippen LogP contribution in [0.25, 0.3) is 11.2 Å². The van der Waals surface area contributed by atoms with Crippen molar-refractivity contribution in [2.45, 2.75) is 63.4 Å². The number of rotatable bonds is 6. The maximum atomic E-state index is 12.6. The quantitative estimate of drug-likeness (QED) is 0.454. The van der Waals surface area contributed by atoms with Crippen molar-refractivity contribution in [3.8, 4) is 0 Å². The number of carbonyl (C=O) groups excluding carboxylic acids is 1. The molecule has 3 heterocycles. The monoisotopic (exact) mass is 485 g/mol. The molecule has 11 heteroatoms. The van der Waals surface area contributed by atoms with Crippen LogP contribution in [0.5, 0.6) is 0 Å². The van der Waals surface area contributed by atoms with Gasteiger partial charge < -0.3 is 24.7 Å². The first kappa shape index (κ1) is 24.4. The fraction of sp³-hybridized carbons (Fsp3) is 0.478. The fourth-order valence-corrected chi connectivity index (χ4v) is 4.52. The average Bonchev–Trinajstić information content (AvgIpc) is 3.34. The van der Waals surface area contributed by atoms with E-state index in [2.05, 4.69) is 54.1 Å². The Hall–Kier alpha value is -2.70. The highest BCUT2D eigenvalue weighted by atomic mass is 28.4. The highest BCUT2D eigenvalue weighted by Crippen LogP contribution is 2.38. The van der Waals surface area contributed by atoms with Crippen LogP contribution in [0, 0.1) is 0 Å². The van der Waals surface area contributed by atoms with Crippen LogP contribution in [0.3, 0.4) is 0 Å². The zero-order valence-electron chi connectivity index (χ0n) is 20.0. The number of hydrogen-bond acceptors (Lipinski definition) is 8. The maximum absolute atomic E-state index is 12.6. The van der Waals surface area contributed by atoms with Crippen molar-refractivity contribution >= 4 is 31.2 Å². The molecule has 2 aromatic heterocycles. The summed E-state index contributed by atoms with van der Waals surface area (Å²) in [7, 11) is -2.06. The van der Waals surface area contributed by atoms with Gasteiger partial charge in [-0.15, -0.1) is 0 Å². The number of aliphatic hydroxyl groups is 2. The van der Waals surface area contributed by atoms with Crippen molar-refractivity contribution in [3.05, 3.63) is 48.5 Å². The van der Waals surface area contributed by atoms with E-state index in [1.807, 2.05) is 6.07 Å². The fourth-order valence-electron chi connectivity index (χ4n) is 3.50. The Labute approximate surface area is 199 Å². The molecule has 3 N–H and O–H groups in total. The third-order valence-electron chi connectivity index (χ3n) is 6.65. The molecule has 0 radical (unpaired) electrons. The lowest BCUT2D eigenvalue weighted by Gasteiger charge is -2.37. The van der Waals surface area contributed by atoms with Gasteiger partial charge in [0.25, 0.3) is 5.91 Å². The molecule has 3 aromatic rings. The summed E-state index contributed by atoms with van der Waals surface area (Å²) in [6, 6.07) is 8.77. The normalized spacial score (nSPS) is 23.4. The summed E-state index contributed by atoms with van der Waals surface area (Å²) >= 11 is 0. The largest absolute Gasteiger partial charge is 0.414 e. The number of ether oxygens (including phenoxy) is 1. The van der Waals surface area contributed by atoms with E-state index < -0.39 is 32.9 Å². The molecule has 0 saturated carbocycles. The second kappa shape index (κ2) is 9.15. The summed E-state index contributed by atoms with van der Waals surface area (Å²) in [5, 5.41) is 24.1. The van der Waals surface area contributed by atoms with E-state index in [1.54, 1.807) is 24.3 Å². The predicted octanol–water partition coefficient (Wildman–Crippen LogP) is 2.72. The Morgan fingerprint density at radius 2 is 1.85 bits per heavy atom. The van der Waals surface area contributed by atoms with Gasteiger partial charge in [-0.2, -0.15) is 0 Å². The van der Waals surface area contributed by atoms with E-state index in [1.165, 1.54) is 17.2 Å². The van der Waals surface area contributed by atoms with Gasteiger partial charge in [0, 0.05) is 5.56 Å². The van der Waals surface area contributed by atoms with Gasteiger partial charge in [0.15, 0.2) is 31.5 Å². The van der Waals surface area contributed by atoms with E-state index >= 15 is 0 Å². The molecular formula is C23H31N5O5Si. The number of aromatic nitrogens is 4. The predicted molar refractivity (Wildman–Crippen MR) is 129 cm³/mol. The first-order valence-electron chi connectivity index (χ1n) is 11.2. The molecule has 182 valence electrons. The van der Waals surface area contributed by atoms with E-state index in [0.29, 0.717) is 16.7 Å². The SMILES string of the molecule is CC(C)(C)[Si](C)(C)OC[C@H]1O[C@@H](n2cnc3c(NC(=O)c4ccccc4)ncnc32)[C@H](O)[C@@H]1O. The molecule has 1 aliphatic heterocycles. The molecule has 0 aliphatic carbocycles. The van der Waals surface area contributed by atoms with Crippen LogP contribution in [0.4, 0.5) is 5.82 Å². The number of amides is 1. The zero-order chi connectivity index (χ0) is 24.7. The molecule has 1 saturated heterocycles. The third kappa shape index (κ3) is 4.61. The molecule has 1 aromatic carbocycles. The van der Waals surface area contributed by atoms with E-state index in [0.717, 1.165) is 0 Å². The maximum Gasteiger partial charge on any atom is 0.256 e. The number of benzene rings is 1. The molecule has 0 spiro atoms. The Bertz CT molecular complexity index is 1160. The molecule has 0 unspecified atom stereocenters. The van der Waals surface area contributed by atoms with Gasteiger partial charge in [0.2, 0.25) is 0 Å². The molecule has 1 fully saturated rings. The summed E-state index contributed by atoms with van der Waals surface area (Å²) in [4.78, 5) is 25.3. The van der Waals surface area contributed by atoms with Crippen molar-refractivity contribution in [3.63, 3.8) is 0 Å². The van der Waals surface area contributed by atoms with Crippen LogP contribution >= 0.6 is 0 Å². The molecule has 1 aliphatic rings. The van der Waals surface area contributed by atoms with Gasteiger partial charge in [0.05, 0.1) is 12.9 Å². The van der Waals surface area contributed by atoms with Crippen molar-refractivity contribution in [1.29, 1.82) is 0 Å². The van der Waals surface area contributed by atoms with Crippen molar-refractivity contribution in [1.82, 2.24) is 19.5 Å².